The number of guanidine groups is 1. The van der Waals surface area contributed by atoms with Crippen molar-refractivity contribution in [3.63, 3.8) is 0 Å². The Labute approximate surface area is 181 Å². The molecule has 1 atom stereocenters. The van der Waals surface area contributed by atoms with E-state index >= 15 is 0 Å². The molecule has 0 aromatic heterocycles. The molecule has 30 heavy (non-hydrogen) atoms. The summed E-state index contributed by atoms with van der Waals surface area (Å²) in [6.07, 6.45) is 0.856. The Hall–Kier alpha value is -3.46. The van der Waals surface area contributed by atoms with Crippen LogP contribution in [0.2, 0.25) is 0 Å². The molecule has 0 radical (unpaired) electrons. The van der Waals surface area contributed by atoms with Crippen molar-refractivity contribution in [3.05, 3.63) is 60.2 Å². The number of halogens is 1. The van der Waals surface area contributed by atoms with Crippen molar-refractivity contribution >= 4 is 41.6 Å². The standard InChI is InChI=1S/C20H24N6O3.ClH/c1-29-19(28)17(8-5-13-23-20(21)22)24-18(27)14-9-11-16(12-10-14)26-25-15-6-3-2-4-7-15;/h2-4,6-7,9-12,17H,5,8,13H2,1H3,(H,24,27)(H4,21,22,23);1H. The zero-order chi connectivity index (χ0) is 21.1. The van der Waals surface area contributed by atoms with Crippen LogP contribution in [0.15, 0.2) is 69.8 Å². The monoisotopic (exact) mass is 432 g/mol. The molecule has 0 fully saturated rings. The third-order valence-electron chi connectivity index (χ3n) is 3.90. The smallest absolute Gasteiger partial charge is 0.328 e. The summed E-state index contributed by atoms with van der Waals surface area (Å²) in [5, 5.41) is 10.9. The van der Waals surface area contributed by atoms with E-state index < -0.39 is 17.9 Å². The number of amides is 1. The van der Waals surface area contributed by atoms with Gasteiger partial charge in [-0.3, -0.25) is 9.79 Å². The first-order valence-electron chi connectivity index (χ1n) is 9.00. The van der Waals surface area contributed by atoms with Gasteiger partial charge in [0.25, 0.3) is 5.91 Å². The van der Waals surface area contributed by atoms with Crippen molar-refractivity contribution in [2.75, 3.05) is 13.7 Å². The van der Waals surface area contributed by atoms with Crippen LogP contribution in [-0.4, -0.2) is 37.5 Å². The third kappa shape index (κ3) is 8.27. The van der Waals surface area contributed by atoms with E-state index in [1.54, 1.807) is 24.3 Å². The summed E-state index contributed by atoms with van der Waals surface area (Å²) < 4.78 is 4.75. The quantitative estimate of drug-likeness (QED) is 0.183. The van der Waals surface area contributed by atoms with Crippen molar-refractivity contribution in [2.24, 2.45) is 26.7 Å². The molecular formula is C20H25ClN6O3. The van der Waals surface area contributed by atoms with Crippen molar-refractivity contribution in [1.82, 2.24) is 5.32 Å². The molecule has 0 saturated heterocycles. The second kappa shape index (κ2) is 12.9. The Kier molecular flexibility index (Phi) is 10.6. The molecule has 0 heterocycles. The van der Waals surface area contributed by atoms with E-state index in [0.717, 1.165) is 5.69 Å². The molecular weight excluding hydrogens is 408 g/mol. The minimum atomic E-state index is -0.792. The van der Waals surface area contributed by atoms with Gasteiger partial charge in [0.05, 0.1) is 18.5 Å². The molecule has 0 bridgehead atoms. The average Bonchev–Trinajstić information content (AvgIpc) is 2.74. The summed E-state index contributed by atoms with van der Waals surface area (Å²) in [5.41, 5.74) is 12.3. The Bertz CT molecular complexity index is 868. The number of nitrogens with two attached hydrogens (primary N) is 2. The van der Waals surface area contributed by atoms with Crippen molar-refractivity contribution in [2.45, 2.75) is 18.9 Å². The summed E-state index contributed by atoms with van der Waals surface area (Å²) >= 11 is 0. The maximum atomic E-state index is 12.5. The van der Waals surface area contributed by atoms with E-state index in [-0.39, 0.29) is 18.4 Å². The summed E-state index contributed by atoms with van der Waals surface area (Å²) in [5.74, 6) is -0.946. The van der Waals surface area contributed by atoms with Gasteiger partial charge in [0.15, 0.2) is 5.96 Å². The highest BCUT2D eigenvalue weighted by Gasteiger charge is 2.21. The van der Waals surface area contributed by atoms with Gasteiger partial charge >= 0.3 is 5.97 Å². The highest BCUT2D eigenvalue weighted by atomic mass is 35.5. The maximum absolute atomic E-state index is 12.5. The van der Waals surface area contributed by atoms with Gasteiger partial charge in [-0.2, -0.15) is 10.2 Å². The van der Waals surface area contributed by atoms with Gasteiger partial charge in [0.1, 0.15) is 6.04 Å². The van der Waals surface area contributed by atoms with E-state index in [2.05, 4.69) is 20.5 Å². The minimum Gasteiger partial charge on any atom is -0.467 e. The molecule has 9 nitrogen and oxygen atoms in total. The lowest BCUT2D eigenvalue weighted by molar-refractivity contribution is -0.143. The van der Waals surface area contributed by atoms with Gasteiger partial charge in [-0.25, -0.2) is 4.79 Å². The molecule has 160 valence electrons. The predicted molar refractivity (Wildman–Crippen MR) is 117 cm³/mol. The van der Waals surface area contributed by atoms with Gasteiger partial charge in [-0.05, 0) is 49.2 Å². The number of hydrogen-bond acceptors (Lipinski definition) is 6. The fraction of sp³-hybridized carbons (Fsp3) is 0.250. The first-order chi connectivity index (χ1) is 14.0. The lowest BCUT2D eigenvalue weighted by Gasteiger charge is -2.16. The first-order valence-corrected chi connectivity index (χ1v) is 9.00. The molecule has 2 rings (SSSR count). The topological polar surface area (TPSA) is 145 Å². The van der Waals surface area contributed by atoms with Crippen molar-refractivity contribution in [1.29, 1.82) is 0 Å². The number of hydrogen-bond donors (Lipinski definition) is 3. The zero-order valence-corrected chi connectivity index (χ0v) is 17.3. The van der Waals surface area contributed by atoms with Crippen LogP contribution in [-0.2, 0) is 9.53 Å². The Morgan fingerprint density at radius 2 is 1.60 bits per heavy atom. The predicted octanol–water partition coefficient (Wildman–Crippen LogP) is 2.85. The lowest BCUT2D eigenvalue weighted by Crippen LogP contribution is -2.41. The highest BCUT2D eigenvalue weighted by molar-refractivity contribution is 5.97. The number of azo groups is 1. The lowest BCUT2D eigenvalue weighted by atomic mass is 10.1. The van der Waals surface area contributed by atoms with Crippen LogP contribution < -0.4 is 16.8 Å². The molecule has 1 amide bonds. The minimum absolute atomic E-state index is 0. The maximum Gasteiger partial charge on any atom is 0.328 e. The SMILES string of the molecule is COC(=O)C(CCCN=C(N)N)NC(=O)c1ccc(N=Nc2ccccc2)cc1.Cl. The number of methoxy groups -OCH3 is 1. The average molecular weight is 433 g/mol. The molecule has 5 N–H and O–H groups in total. The van der Waals surface area contributed by atoms with Gasteiger partial charge in [-0.15, -0.1) is 12.4 Å². The van der Waals surface area contributed by atoms with E-state index in [1.807, 2.05) is 30.3 Å². The first kappa shape index (κ1) is 24.6. The fourth-order valence-corrected chi connectivity index (χ4v) is 2.43. The molecule has 0 aliphatic carbocycles. The van der Waals surface area contributed by atoms with E-state index in [1.165, 1.54) is 7.11 Å². The van der Waals surface area contributed by atoms with Crippen LogP contribution in [0, 0.1) is 0 Å². The largest absolute Gasteiger partial charge is 0.467 e. The number of esters is 1. The molecule has 0 spiro atoms. The second-order valence-electron chi connectivity index (χ2n) is 6.08. The van der Waals surface area contributed by atoms with Gasteiger partial charge in [0, 0.05) is 12.1 Å². The summed E-state index contributed by atoms with van der Waals surface area (Å²) in [6.45, 7) is 0.354. The fourth-order valence-electron chi connectivity index (χ4n) is 2.43. The third-order valence-corrected chi connectivity index (χ3v) is 3.90. The number of rotatable bonds is 9. The van der Waals surface area contributed by atoms with E-state index in [9.17, 15) is 9.59 Å². The Morgan fingerprint density at radius 1 is 1.00 bits per heavy atom. The van der Waals surface area contributed by atoms with E-state index in [4.69, 9.17) is 16.2 Å². The molecule has 0 aliphatic heterocycles. The van der Waals surface area contributed by atoms with Crippen LogP contribution in [0.4, 0.5) is 11.4 Å². The number of aliphatic imine (C=N–C) groups is 1. The molecule has 2 aromatic carbocycles. The summed E-state index contributed by atoms with van der Waals surface area (Å²) in [4.78, 5) is 28.3. The molecule has 10 heteroatoms. The van der Waals surface area contributed by atoms with Crippen LogP contribution in [0.3, 0.4) is 0 Å². The van der Waals surface area contributed by atoms with Crippen LogP contribution in [0.5, 0.6) is 0 Å². The number of carbonyl (C=O) groups excluding carboxylic acids is 2. The number of ether oxygens (including phenoxy) is 1. The number of carbonyl (C=O) groups is 2. The van der Waals surface area contributed by atoms with Crippen molar-refractivity contribution < 1.29 is 14.3 Å². The van der Waals surface area contributed by atoms with Crippen LogP contribution in [0.1, 0.15) is 23.2 Å². The molecule has 0 aliphatic rings. The van der Waals surface area contributed by atoms with E-state index in [0.29, 0.717) is 30.6 Å². The summed E-state index contributed by atoms with van der Waals surface area (Å²) in [6, 6.07) is 15.1. The Balaban J connectivity index is 0.00000450. The van der Waals surface area contributed by atoms with Crippen LogP contribution in [0.25, 0.3) is 0 Å². The molecule has 0 saturated carbocycles. The van der Waals surface area contributed by atoms with Crippen LogP contribution >= 0.6 is 12.4 Å². The Morgan fingerprint density at radius 3 is 2.17 bits per heavy atom. The van der Waals surface area contributed by atoms with Gasteiger partial charge in [0.2, 0.25) is 0 Å². The normalized spacial score (nSPS) is 11.2. The highest BCUT2D eigenvalue weighted by Crippen LogP contribution is 2.18. The van der Waals surface area contributed by atoms with Gasteiger partial charge in [-0.1, -0.05) is 18.2 Å². The summed E-state index contributed by atoms with van der Waals surface area (Å²) in [7, 11) is 1.27. The van der Waals surface area contributed by atoms with Gasteiger partial charge < -0.3 is 21.5 Å². The molecule has 2 aromatic rings. The number of nitrogens with zero attached hydrogens (tertiary/aromatic N) is 3. The number of benzene rings is 2. The second-order valence-corrected chi connectivity index (χ2v) is 6.08. The zero-order valence-electron chi connectivity index (χ0n) is 16.5. The van der Waals surface area contributed by atoms with Crippen molar-refractivity contribution in [3.8, 4) is 0 Å². The molecule has 1 unspecified atom stereocenters. The number of nitrogens with one attached hydrogen (secondary N) is 1.